The summed E-state index contributed by atoms with van der Waals surface area (Å²) in [6.45, 7) is 4.02. The summed E-state index contributed by atoms with van der Waals surface area (Å²) in [5.41, 5.74) is 0.799. The van der Waals surface area contributed by atoms with Crippen molar-refractivity contribution in [3.8, 4) is 0 Å². The lowest BCUT2D eigenvalue weighted by Gasteiger charge is -2.25. The van der Waals surface area contributed by atoms with Gasteiger partial charge < -0.3 is 19.7 Å². The number of anilines is 1. The van der Waals surface area contributed by atoms with Crippen molar-refractivity contribution in [1.29, 1.82) is 0 Å². The molecule has 1 aromatic rings. The van der Waals surface area contributed by atoms with Gasteiger partial charge in [0.25, 0.3) is 0 Å². The van der Waals surface area contributed by atoms with Gasteiger partial charge in [0, 0.05) is 25.4 Å². The van der Waals surface area contributed by atoms with Crippen molar-refractivity contribution < 1.29 is 19.1 Å². The summed E-state index contributed by atoms with van der Waals surface area (Å²) in [6.07, 6.45) is 2.99. The Hall–Kier alpha value is -1.79. The molecule has 0 radical (unpaired) electrons. The van der Waals surface area contributed by atoms with Crippen LogP contribution in [0.4, 0.5) is 10.5 Å². The second-order valence-corrected chi connectivity index (χ2v) is 6.10. The molecule has 6 nitrogen and oxygen atoms in total. The highest BCUT2D eigenvalue weighted by Gasteiger charge is 2.22. The Morgan fingerprint density at radius 1 is 1.46 bits per heavy atom. The van der Waals surface area contributed by atoms with E-state index in [4.69, 9.17) is 16.3 Å². The molecule has 1 heterocycles. The number of amides is 2. The second-order valence-electron chi connectivity index (χ2n) is 5.70. The summed E-state index contributed by atoms with van der Waals surface area (Å²) in [7, 11) is 1.29. The molecule has 2 rings (SSSR count). The number of esters is 1. The van der Waals surface area contributed by atoms with Crippen LogP contribution in [0.15, 0.2) is 18.2 Å². The molecule has 1 aromatic carbocycles. The fraction of sp³-hybridized carbons (Fsp3) is 0.529. The number of carbonyl (C=O) groups is 2. The number of nitrogens with one attached hydrogen (secondary N) is 1. The normalized spacial score (nSPS) is 16.7. The van der Waals surface area contributed by atoms with Gasteiger partial charge in [0.1, 0.15) is 0 Å². The molecule has 2 amide bonds. The van der Waals surface area contributed by atoms with Crippen molar-refractivity contribution >= 4 is 29.3 Å². The number of halogens is 1. The summed E-state index contributed by atoms with van der Waals surface area (Å²) in [6, 6.07) is 4.51. The number of nitrogens with zero attached hydrogens (tertiary/aromatic N) is 1. The minimum absolute atomic E-state index is 0.104. The number of methoxy groups -OCH3 is 1. The summed E-state index contributed by atoms with van der Waals surface area (Å²) in [4.78, 5) is 25.8. The van der Waals surface area contributed by atoms with Crippen LogP contribution in [-0.2, 0) is 9.47 Å². The van der Waals surface area contributed by atoms with Crippen LogP contribution >= 0.6 is 11.6 Å². The Morgan fingerprint density at radius 3 is 2.83 bits per heavy atom. The SMILES string of the molecule is CCCN(C[C@H]1CCCO1)C(=O)Nc1ccc(C(=O)OC)c(Cl)c1. The van der Waals surface area contributed by atoms with Crippen LogP contribution in [0.25, 0.3) is 0 Å². The molecule has 1 aliphatic rings. The van der Waals surface area contributed by atoms with Crippen LogP contribution in [0.5, 0.6) is 0 Å². The van der Waals surface area contributed by atoms with Crippen LogP contribution in [0.3, 0.4) is 0 Å². The molecule has 24 heavy (non-hydrogen) atoms. The zero-order valence-electron chi connectivity index (χ0n) is 14.0. The van der Waals surface area contributed by atoms with Crippen molar-refractivity contribution in [3.05, 3.63) is 28.8 Å². The first-order valence-corrected chi connectivity index (χ1v) is 8.48. The molecule has 1 saturated heterocycles. The van der Waals surface area contributed by atoms with Crippen molar-refractivity contribution in [2.24, 2.45) is 0 Å². The Kier molecular flexibility index (Phi) is 6.87. The van der Waals surface area contributed by atoms with E-state index in [0.29, 0.717) is 18.8 Å². The average molecular weight is 355 g/mol. The molecule has 0 aliphatic carbocycles. The van der Waals surface area contributed by atoms with Gasteiger partial charge in [-0.15, -0.1) is 0 Å². The topological polar surface area (TPSA) is 67.9 Å². The Bertz CT molecular complexity index is 588. The quantitative estimate of drug-likeness (QED) is 0.793. The van der Waals surface area contributed by atoms with E-state index < -0.39 is 5.97 Å². The molecular formula is C17H23ClN2O4. The minimum atomic E-state index is -0.510. The number of rotatable bonds is 6. The van der Waals surface area contributed by atoms with E-state index in [1.807, 2.05) is 6.92 Å². The number of benzene rings is 1. The van der Waals surface area contributed by atoms with Crippen molar-refractivity contribution in [1.82, 2.24) is 4.90 Å². The van der Waals surface area contributed by atoms with Crippen molar-refractivity contribution in [2.75, 3.05) is 32.1 Å². The third-order valence-corrected chi connectivity index (χ3v) is 4.17. The van der Waals surface area contributed by atoms with Crippen LogP contribution in [0.2, 0.25) is 5.02 Å². The third kappa shape index (κ3) is 4.85. The standard InChI is InChI=1S/C17H23ClN2O4/c1-3-8-20(11-13-5-4-9-24-13)17(22)19-12-6-7-14(15(18)10-12)16(21)23-2/h6-7,10,13H,3-5,8-9,11H2,1-2H3,(H,19,22)/t13-/m1/s1. The van der Waals surface area contributed by atoms with E-state index in [-0.39, 0.29) is 22.7 Å². The zero-order valence-corrected chi connectivity index (χ0v) is 14.8. The van der Waals surface area contributed by atoms with Crippen LogP contribution in [-0.4, -0.2) is 49.8 Å². The van der Waals surface area contributed by atoms with Gasteiger partial charge in [-0.05, 0) is 37.5 Å². The van der Waals surface area contributed by atoms with Gasteiger partial charge in [-0.3, -0.25) is 0 Å². The molecular weight excluding hydrogens is 332 g/mol. The molecule has 0 spiro atoms. The third-order valence-electron chi connectivity index (χ3n) is 3.85. The zero-order chi connectivity index (χ0) is 17.5. The maximum absolute atomic E-state index is 12.5. The maximum atomic E-state index is 12.5. The molecule has 1 fully saturated rings. The molecule has 0 saturated carbocycles. The number of urea groups is 1. The molecule has 0 aromatic heterocycles. The summed E-state index contributed by atoms with van der Waals surface area (Å²) >= 11 is 6.08. The lowest BCUT2D eigenvalue weighted by atomic mass is 10.2. The molecule has 0 bridgehead atoms. The van der Waals surface area contributed by atoms with Gasteiger partial charge in [-0.25, -0.2) is 9.59 Å². The van der Waals surface area contributed by atoms with Crippen LogP contribution < -0.4 is 5.32 Å². The second kappa shape index (κ2) is 8.89. The number of carbonyl (C=O) groups excluding carboxylic acids is 2. The Labute approximate surface area is 147 Å². The molecule has 7 heteroatoms. The number of hydrogen-bond donors (Lipinski definition) is 1. The van der Waals surface area contributed by atoms with Gasteiger partial charge in [0.2, 0.25) is 0 Å². The molecule has 1 atom stereocenters. The predicted molar refractivity (Wildman–Crippen MR) is 92.6 cm³/mol. The summed E-state index contributed by atoms with van der Waals surface area (Å²) < 4.78 is 10.3. The van der Waals surface area contributed by atoms with Crippen LogP contribution in [0, 0.1) is 0 Å². The Balaban J connectivity index is 2.02. The van der Waals surface area contributed by atoms with Gasteiger partial charge in [0.05, 0.1) is 23.8 Å². The van der Waals surface area contributed by atoms with Gasteiger partial charge in [-0.2, -0.15) is 0 Å². The van der Waals surface area contributed by atoms with Gasteiger partial charge >= 0.3 is 12.0 Å². The van der Waals surface area contributed by atoms with Crippen molar-refractivity contribution in [2.45, 2.75) is 32.3 Å². The summed E-state index contributed by atoms with van der Waals surface area (Å²) in [5, 5.41) is 3.06. The molecule has 0 unspecified atom stereocenters. The van der Waals surface area contributed by atoms with E-state index in [0.717, 1.165) is 25.9 Å². The Morgan fingerprint density at radius 2 is 2.25 bits per heavy atom. The number of hydrogen-bond acceptors (Lipinski definition) is 4. The van der Waals surface area contributed by atoms with E-state index in [1.54, 1.807) is 17.0 Å². The monoisotopic (exact) mass is 354 g/mol. The van der Waals surface area contributed by atoms with Gasteiger partial charge in [-0.1, -0.05) is 18.5 Å². The first-order valence-electron chi connectivity index (χ1n) is 8.10. The highest BCUT2D eigenvalue weighted by molar-refractivity contribution is 6.33. The van der Waals surface area contributed by atoms with Crippen molar-refractivity contribution in [3.63, 3.8) is 0 Å². The van der Waals surface area contributed by atoms with E-state index >= 15 is 0 Å². The lowest BCUT2D eigenvalue weighted by molar-refractivity contribution is 0.0601. The first kappa shape index (κ1) is 18.5. The minimum Gasteiger partial charge on any atom is -0.465 e. The largest absolute Gasteiger partial charge is 0.465 e. The fourth-order valence-corrected chi connectivity index (χ4v) is 2.91. The van der Waals surface area contributed by atoms with E-state index in [9.17, 15) is 9.59 Å². The van der Waals surface area contributed by atoms with E-state index in [2.05, 4.69) is 10.1 Å². The van der Waals surface area contributed by atoms with Crippen LogP contribution in [0.1, 0.15) is 36.5 Å². The number of ether oxygens (including phenoxy) is 2. The lowest BCUT2D eigenvalue weighted by Crippen LogP contribution is -2.40. The summed E-state index contributed by atoms with van der Waals surface area (Å²) in [5.74, 6) is -0.510. The maximum Gasteiger partial charge on any atom is 0.339 e. The molecule has 1 aliphatic heterocycles. The first-order chi connectivity index (χ1) is 11.5. The predicted octanol–water partition coefficient (Wildman–Crippen LogP) is 3.55. The smallest absolute Gasteiger partial charge is 0.339 e. The molecule has 1 N–H and O–H groups in total. The van der Waals surface area contributed by atoms with E-state index in [1.165, 1.54) is 13.2 Å². The average Bonchev–Trinajstić information content (AvgIpc) is 3.07. The fourth-order valence-electron chi connectivity index (χ4n) is 2.65. The highest BCUT2D eigenvalue weighted by Crippen LogP contribution is 2.22. The highest BCUT2D eigenvalue weighted by atomic mass is 35.5. The molecule has 132 valence electrons. The van der Waals surface area contributed by atoms with Gasteiger partial charge in [0.15, 0.2) is 0 Å².